The van der Waals surface area contributed by atoms with E-state index in [2.05, 4.69) is 13.8 Å². The molecule has 1 saturated carbocycles. The van der Waals surface area contributed by atoms with E-state index in [1.807, 2.05) is 6.92 Å². The van der Waals surface area contributed by atoms with Gasteiger partial charge in [-0.25, -0.2) is 4.79 Å². The molecule has 0 aromatic carbocycles. The average molecular weight is 311 g/mol. The Morgan fingerprint density at radius 2 is 2.05 bits per heavy atom. The number of carboxylic acid groups (broad SMARTS) is 1. The van der Waals surface area contributed by atoms with Gasteiger partial charge in [0, 0.05) is 25.1 Å². The zero-order valence-corrected chi connectivity index (χ0v) is 13.6. The molecule has 1 aromatic heterocycles. The summed E-state index contributed by atoms with van der Waals surface area (Å²) in [6.07, 6.45) is 0.987. The van der Waals surface area contributed by atoms with Crippen LogP contribution in [0.2, 0.25) is 0 Å². The minimum Gasteiger partial charge on any atom is -0.477 e. The number of thiophene rings is 1. The van der Waals surface area contributed by atoms with Crippen molar-refractivity contribution in [1.82, 2.24) is 4.90 Å². The van der Waals surface area contributed by atoms with Gasteiger partial charge in [0.2, 0.25) is 0 Å². The van der Waals surface area contributed by atoms with Crippen molar-refractivity contribution in [3.8, 4) is 0 Å². The Balaban J connectivity index is 2.08. The smallest absolute Gasteiger partial charge is 0.345 e. The molecule has 21 heavy (non-hydrogen) atoms. The summed E-state index contributed by atoms with van der Waals surface area (Å²) in [5, 5.41) is 8.93. The number of carboxylic acids is 1. The highest BCUT2D eigenvalue weighted by Crippen LogP contribution is 2.45. The molecule has 1 N–H and O–H groups in total. The monoisotopic (exact) mass is 311 g/mol. The van der Waals surface area contributed by atoms with Gasteiger partial charge < -0.3 is 14.7 Å². The van der Waals surface area contributed by atoms with Crippen LogP contribution in [-0.4, -0.2) is 47.7 Å². The third kappa shape index (κ3) is 2.82. The number of carbonyl (C=O) groups excluding carboxylic acids is 1. The number of aromatic carboxylic acids is 1. The van der Waals surface area contributed by atoms with E-state index in [0.29, 0.717) is 11.5 Å². The number of amides is 1. The highest BCUT2D eigenvalue weighted by molar-refractivity contribution is 7.15. The first-order valence-corrected chi connectivity index (χ1v) is 7.82. The van der Waals surface area contributed by atoms with Crippen LogP contribution in [-0.2, 0) is 4.74 Å². The minimum atomic E-state index is -0.998. The van der Waals surface area contributed by atoms with E-state index in [0.717, 1.165) is 17.8 Å². The van der Waals surface area contributed by atoms with E-state index in [9.17, 15) is 9.59 Å². The number of nitrogens with zero attached hydrogens (tertiary/aromatic N) is 1. The first-order valence-electron chi connectivity index (χ1n) is 7.01. The quantitative estimate of drug-likeness (QED) is 0.908. The molecule has 0 aliphatic heterocycles. The van der Waals surface area contributed by atoms with Gasteiger partial charge in [0.15, 0.2) is 0 Å². The molecule has 1 aromatic rings. The lowest BCUT2D eigenvalue weighted by Crippen LogP contribution is -2.62. The third-order valence-electron chi connectivity index (χ3n) is 4.31. The van der Waals surface area contributed by atoms with Crippen LogP contribution in [0.5, 0.6) is 0 Å². The fraction of sp³-hybridized carbons (Fsp3) is 0.600. The summed E-state index contributed by atoms with van der Waals surface area (Å²) in [5.41, 5.74) is -0.0900. The number of hydrogen-bond donors (Lipinski definition) is 1. The second-order valence-electron chi connectivity index (χ2n) is 5.90. The van der Waals surface area contributed by atoms with Crippen LogP contribution in [0, 0.1) is 5.41 Å². The Morgan fingerprint density at radius 3 is 2.52 bits per heavy atom. The van der Waals surface area contributed by atoms with E-state index in [4.69, 9.17) is 9.84 Å². The number of hydrogen-bond acceptors (Lipinski definition) is 4. The zero-order valence-electron chi connectivity index (χ0n) is 12.8. The van der Waals surface area contributed by atoms with Crippen molar-refractivity contribution in [2.45, 2.75) is 39.3 Å². The molecule has 1 heterocycles. The number of ether oxygens (including phenoxy) is 1. The topological polar surface area (TPSA) is 66.8 Å². The van der Waals surface area contributed by atoms with Crippen LogP contribution in [0.15, 0.2) is 12.1 Å². The summed E-state index contributed by atoms with van der Waals surface area (Å²) < 4.78 is 5.68. The maximum absolute atomic E-state index is 12.5. The molecule has 0 saturated heterocycles. The van der Waals surface area contributed by atoms with Crippen LogP contribution < -0.4 is 0 Å². The molecule has 0 spiro atoms. The van der Waals surface area contributed by atoms with E-state index in [-0.39, 0.29) is 28.3 Å². The van der Waals surface area contributed by atoms with Crippen molar-refractivity contribution in [1.29, 1.82) is 0 Å². The van der Waals surface area contributed by atoms with Gasteiger partial charge in [0.25, 0.3) is 5.91 Å². The second-order valence-corrected chi connectivity index (χ2v) is 6.99. The fourth-order valence-corrected chi connectivity index (χ4v) is 3.72. The van der Waals surface area contributed by atoms with Crippen LogP contribution in [0.1, 0.15) is 46.5 Å². The van der Waals surface area contributed by atoms with Gasteiger partial charge in [-0.3, -0.25) is 4.79 Å². The molecule has 1 amide bonds. The lowest BCUT2D eigenvalue weighted by Gasteiger charge is -2.54. The van der Waals surface area contributed by atoms with Crippen molar-refractivity contribution < 1.29 is 19.4 Å². The lowest BCUT2D eigenvalue weighted by atomic mass is 9.64. The summed E-state index contributed by atoms with van der Waals surface area (Å²) in [4.78, 5) is 25.7. The van der Waals surface area contributed by atoms with Crippen molar-refractivity contribution in [2.75, 3.05) is 13.7 Å². The summed E-state index contributed by atoms with van der Waals surface area (Å²) in [6, 6.07) is 3.17. The fourth-order valence-electron chi connectivity index (χ4n) is 2.89. The van der Waals surface area contributed by atoms with Crippen molar-refractivity contribution in [3.05, 3.63) is 21.9 Å². The molecule has 2 rings (SSSR count). The van der Waals surface area contributed by atoms with Crippen LogP contribution >= 0.6 is 11.3 Å². The minimum absolute atomic E-state index is 0.0900. The first kappa shape index (κ1) is 16.0. The highest BCUT2D eigenvalue weighted by Gasteiger charge is 2.51. The molecule has 0 bridgehead atoms. The summed E-state index contributed by atoms with van der Waals surface area (Å²) in [7, 11) is 1.77. The molecule has 2 atom stereocenters. The molecule has 6 heteroatoms. The Morgan fingerprint density at radius 1 is 1.43 bits per heavy atom. The summed E-state index contributed by atoms with van der Waals surface area (Å²) in [5.74, 6) is -1.12. The van der Waals surface area contributed by atoms with Gasteiger partial charge in [-0.1, -0.05) is 13.8 Å². The van der Waals surface area contributed by atoms with Gasteiger partial charge in [-0.05, 0) is 25.5 Å². The van der Waals surface area contributed by atoms with Crippen LogP contribution in [0.4, 0.5) is 0 Å². The average Bonchev–Trinajstić information content (AvgIpc) is 2.91. The maximum Gasteiger partial charge on any atom is 0.345 e. The Kier molecular flexibility index (Phi) is 4.39. The standard InChI is InChI=1S/C15H21NO4S/c1-5-20-12-8-11(15(12,2)3)16(4)13(17)9-6-7-10(21-9)14(18)19/h6-7,11-12H,5,8H2,1-4H3,(H,18,19)/t11-,12-/m0/s1. The molecule has 116 valence electrons. The Hall–Kier alpha value is -1.40. The van der Waals surface area contributed by atoms with Gasteiger partial charge in [0.1, 0.15) is 4.88 Å². The molecular weight excluding hydrogens is 290 g/mol. The SMILES string of the molecule is CCO[C@H]1C[C@H](N(C)C(=O)c2ccc(C(=O)O)s2)C1(C)C. The Bertz CT molecular complexity index is 552. The second kappa shape index (κ2) is 5.77. The molecule has 1 fully saturated rings. The third-order valence-corrected chi connectivity index (χ3v) is 5.37. The summed E-state index contributed by atoms with van der Waals surface area (Å²) in [6.45, 7) is 6.84. The predicted octanol–water partition coefficient (Wildman–Crippen LogP) is 2.72. The molecular formula is C15H21NO4S. The van der Waals surface area contributed by atoms with E-state index >= 15 is 0 Å². The van der Waals surface area contributed by atoms with Gasteiger partial charge in [-0.15, -0.1) is 11.3 Å². The maximum atomic E-state index is 12.5. The van der Waals surface area contributed by atoms with Crippen LogP contribution in [0.3, 0.4) is 0 Å². The zero-order chi connectivity index (χ0) is 15.8. The van der Waals surface area contributed by atoms with Crippen molar-refractivity contribution >= 4 is 23.2 Å². The molecule has 1 aliphatic carbocycles. The first-order chi connectivity index (χ1) is 9.78. The molecule has 0 unspecified atom stereocenters. The van der Waals surface area contributed by atoms with Gasteiger partial charge >= 0.3 is 5.97 Å². The van der Waals surface area contributed by atoms with Gasteiger partial charge in [0.05, 0.1) is 11.0 Å². The number of rotatable bonds is 5. The summed E-state index contributed by atoms with van der Waals surface area (Å²) >= 11 is 1.02. The molecule has 0 radical (unpaired) electrons. The van der Waals surface area contributed by atoms with E-state index in [1.165, 1.54) is 6.07 Å². The molecule has 5 nitrogen and oxygen atoms in total. The largest absolute Gasteiger partial charge is 0.477 e. The van der Waals surface area contributed by atoms with Gasteiger partial charge in [-0.2, -0.15) is 0 Å². The normalized spacial score (nSPS) is 23.4. The number of carbonyl (C=O) groups is 2. The lowest BCUT2D eigenvalue weighted by molar-refractivity contribution is -0.136. The van der Waals surface area contributed by atoms with E-state index < -0.39 is 5.97 Å². The van der Waals surface area contributed by atoms with E-state index in [1.54, 1.807) is 18.0 Å². The van der Waals surface area contributed by atoms with Crippen LogP contribution in [0.25, 0.3) is 0 Å². The van der Waals surface area contributed by atoms with Crippen molar-refractivity contribution in [3.63, 3.8) is 0 Å². The highest BCUT2D eigenvalue weighted by atomic mass is 32.1. The molecule has 1 aliphatic rings. The van der Waals surface area contributed by atoms with Crippen molar-refractivity contribution in [2.24, 2.45) is 5.41 Å². The predicted molar refractivity (Wildman–Crippen MR) is 81.0 cm³/mol. The Labute approximate surface area is 128 Å².